The highest BCUT2D eigenvalue weighted by Gasteiger charge is 2.36. The number of hydrogen-bond acceptors (Lipinski definition) is 3. The Morgan fingerprint density at radius 2 is 2.21 bits per heavy atom. The van der Waals surface area contributed by atoms with Crippen molar-refractivity contribution in [2.45, 2.75) is 38.8 Å². The predicted octanol–water partition coefficient (Wildman–Crippen LogP) is 0.552. The summed E-state index contributed by atoms with van der Waals surface area (Å²) < 4.78 is 0. The van der Waals surface area contributed by atoms with E-state index in [0.717, 1.165) is 13.0 Å². The molecule has 14 heavy (non-hydrogen) atoms. The average molecular weight is 201 g/mol. The van der Waals surface area contributed by atoms with E-state index < -0.39 is 5.97 Å². The monoisotopic (exact) mass is 201 g/mol. The molecule has 0 aromatic heterocycles. The van der Waals surface area contributed by atoms with E-state index in [1.807, 2.05) is 0 Å². The summed E-state index contributed by atoms with van der Waals surface area (Å²) in [7, 11) is 0. The first kappa shape index (κ1) is 11.5. The lowest BCUT2D eigenvalue weighted by Gasteiger charge is -2.29. The van der Waals surface area contributed by atoms with Crippen molar-refractivity contribution in [1.82, 2.24) is 4.90 Å². The van der Waals surface area contributed by atoms with E-state index in [2.05, 4.69) is 18.7 Å². The average Bonchev–Trinajstić information content (AvgIpc) is 2.46. The van der Waals surface area contributed by atoms with Crippen molar-refractivity contribution in [3.8, 4) is 0 Å². The summed E-state index contributed by atoms with van der Waals surface area (Å²) in [6.07, 6.45) is 1.05. The van der Waals surface area contributed by atoms with E-state index in [-0.39, 0.29) is 25.0 Å². The van der Waals surface area contributed by atoms with Crippen LogP contribution in [-0.2, 0) is 4.79 Å². The number of rotatable bonds is 4. The molecule has 0 amide bonds. The molecule has 0 saturated carbocycles. The zero-order chi connectivity index (χ0) is 10.7. The maximum Gasteiger partial charge on any atom is 0.304 e. The molecule has 4 nitrogen and oxygen atoms in total. The highest BCUT2D eigenvalue weighted by atomic mass is 16.4. The Kier molecular flexibility index (Phi) is 3.89. The SMILES string of the molecule is CC(C)N1CC[C@@H](CO)[C@H]1CC(=O)O. The Morgan fingerprint density at radius 3 is 2.64 bits per heavy atom. The van der Waals surface area contributed by atoms with Gasteiger partial charge in [-0.1, -0.05) is 0 Å². The van der Waals surface area contributed by atoms with Crippen LogP contribution in [0, 0.1) is 5.92 Å². The Labute approximate surface area is 84.5 Å². The second kappa shape index (κ2) is 4.75. The summed E-state index contributed by atoms with van der Waals surface area (Å²) in [4.78, 5) is 12.9. The fourth-order valence-electron chi connectivity index (χ4n) is 2.26. The summed E-state index contributed by atoms with van der Waals surface area (Å²) in [5.74, 6) is -0.644. The maximum absolute atomic E-state index is 10.7. The van der Waals surface area contributed by atoms with Crippen LogP contribution in [0.25, 0.3) is 0 Å². The molecule has 0 aliphatic carbocycles. The zero-order valence-electron chi connectivity index (χ0n) is 8.81. The van der Waals surface area contributed by atoms with Crippen molar-refractivity contribution < 1.29 is 15.0 Å². The first-order chi connectivity index (χ1) is 6.56. The van der Waals surface area contributed by atoms with Gasteiger partial charge in [0.25, 0.3) is 0 Å². The molecule has 1 aliphatic rings. The van der Waals surface area contributed by atoms with Gasteiger partial charge in [0.1, 0.15) is 0 Å². The van der Waals surface area contributed by atoms with Crippen molar-refractivity contribution in [3.63, 3.8) is 0 Å². The molecule has 0 aromatic carbocycles. The van der Waals surface area contributed by atoms with Gasteiger partial charge in [0, 0.05) is 18.7 Å². The minimum Gasteiger partial charge on any atom is -0.481 e. The predicted molar refractivity (Wildman–Crippen MR) is 53.1 cm³/mol. The number of hydrogen-bond donors (Lipinski definition) is 2. The summed E-state index contributed by atoms with van der Waals surface area (Å²) >= 11 is 0. The van der Waals surface area contributed by atoms with Crippen LogP contribution in [0.4, 0.5) is 0 Å². The second-order valence-corrected chi connectivity index (χ2v) is 4.23. The number of aliphatic hydroxyl groups is 1. The lowest BCUT2D eigenvalue weighted by atomic mass is 9.98. The van der Waals surface area contributed by atoms with Crippen molar-refractivity contribution >= 4 is 5.97 Å². The van der Waals surface area contributed by atoms with Crippen molar-refractivity contribution in [1.29, 1.82) is 0 Å². The normalized spacial score (nSPS) is 28.6. The van der Waals surface area contributed by atoms with Crippen LogP contribution < -0.4 is 0 Å². The third-order valence-electron chi connectivity index (χ3n) is 3.01. The number of carboxylic acid groups (broad SMARTS) is 1. The Morgan fingerprint density at radius 1 is 1.57 bits per heavy atom. The highest BCUT2D eigenvalue weighted by molar-refractivity contribution is 5.67. The fraction of sp³-hybridized carbons (Fsp3) is 0.900. The minimum atomic E-state index is -0.777. The van der Waals surface area contributed by atoms with Crippen molar-refractivity contribution in [2.24, 2.45) is 5.92 Å². The summed E-state index contributed by atoms with van der Waals surface area (Å²) in [6, 6.07) is 0.369. The van der Waals surface area contributed by atoms with Crippen molar-refractivity contribution in [2.75, 3.05) is 13.2 Å². The van der Waals surface area contributed by atoms with E-state index in [1.165, 1.54) is 0 Å². The van der Waals surface area contributed by atoms with E-state index in [1.54, 1.807) is 0 Å². The molecule has 82 valence electrons. The summed E-state index contributed by atoms with van der Waals surface area (Å²) in [6.45, 7) is 5.13. The Balaban J connectivity index is 2.65. The standard InChI is InChI=1S/C10H19NO3/c1-7(2)11-4-3-8(6-12)9(11)5-10(13)14/h7-9,12H,3-6H2,1-2H3,(H,13,14)/t8-,9+/m0/s1. The Bertz CT molecular complexity index is 206. The number of carbonyl (C=O) groups is 1. The maximum atomic E-state index is 10.7. The van der Waals surface area contributed by atoms with Gasteiger partial charge in [-0.2, -0.15) is 0 Å². The molecular weight excluding hydrogens is 182 g/mol. The van der Waals surface area contributed by atoms with Gasteiger partial charge in [0.2, 0.25) is 0 Å². The van der Waals surface area contributed by atoms with Gasteiger partial charge in [-0.15, -0.1) is 0 Å². The molecule has 1 rings (SSSR count). The first-order valence-electron chi connectivity index (χ1n) is 5.14. The Hall–Kier alpha value is -0.610. The van der Waals surface area contributed by atoms with Crippen LogP contribution in [0.1, 0.15) is 26.7 Å². The molecule has 2 N–H and O–H groups in total. The van der Waals surface area contributed by atoms with E-state index in [0.29, 0.717) is 6.04 Å². The number of aliphatic carboxylic acids is 1. The first-order valence-corrected chi connectivity index (χ1v) is 5.14. The van der Waals surface area contributed by atoms with Gasteiger partial charge in [-0.05, 0) is 32.7 Å². The second-order valence-electron chi connectivity index (χ2n) is 4.23. The molecule has 0 unspecified atom stereocenters. The fourth-order valence-corrected chi connectivity index (χ4v) is 2.26. The third-order valence-corrected chi connectivity index (χ3v) is 3.01. The molecule has 4 heteroatoms. The third kappa shape index (κ3) is 2.45. The van der Waals surface area contributed by atoms with Gasteiger partial charge in [-0.25, -0.2) is 0 Å². The van der Waals surface area contributed by atoms with Crippen LogP contribution in [0.5, 0.6) is 0 Å². The number of likely N-dealkylation sites (tertiary alicyclic amines) is 1. The smallest absolute Gasteiger partial charge is 0.304 e. The van der Waals surface area contributed by atoms with Crippen molar-refractivity contribution in [3.05, 3.63) is 0 Å². The molecule has 1 fully saturated rings. The van der Waals surface area contributed by atoms with Crippen LogP contribution >= 0.6 is 0 Å². The molecule has 0 aromatic rings. The van der Waals surface area contributed by atoms with Crippen LogP contribution in [0.15, 0.2) is 0 Å². The minimum absolute atomic E-state index is 0.0116. The number of carboxylic acids is 1. The van der Waals surface area contributed by atoms with E-state index in [9.17, 15) is 4.79 Å². The number of aliphatic hydroxyl groups excluding tert-OH is 1. The van der Waals surface area contributed by atoms with Gasteiger partial charge in [-0.3, -0.25) is 9.69 Å². The zero-order valence-corrected chi connectivity index (χ0v) is 8.81. The molecule has 0 radical (unpaired) electrons. The molecule has 0 spiro atoms. The topological polar surface area (TPSA) is 60.8 Å². The van der Waals surface area contributed by atoms with Crippen LogP contribution in [0.3, 0.4) is 0 Å². The van der Waals surface area contributed by atoms with E-state index in [4.69, 9.17) is 10.2 Å². The molecule has 1 aliphatic heterocycles. The van der Waals surface area contributed by atoms with E-state index >= 15 is 0 Å². The van der Waals surface area contributed by atoms with Gasteiger partial charge >= 0.3 is 5.97 Å². The lowest BCUT2D eigenvalue weighted by Crippen LogP contribution is -2.40. The summed E-state index contributed by atoms with van der Waals surface area (Å²) in [5, 5.41) is 17.9. The quantitative estimate of drug-likeness (QED) is 0.697. The number of nitrogens with zero attached hydrogens (tertiary/aromatic N) is 1. The summed E-state index contributed by atoms with van der Waals surface area (Å²) in [5.41, 5.74) is 0. The van der Waals surface area contributed by atoms with Gasteiger partial charge < -0.3 is 10.2 Å². The van der Waals surface area contributed by atoms with Crippen LogP contribution in [-0.4, -0.2) is 46.3 Å². The molecule has 1 heterocycles. The van der Waals surface area contributed by atoms with Gasteiger partial charge in [0.15, 0.2) is 0 Å². The molecule has 0 bridgehead atoms. The molecular formula is C10H19NO3. The lowest BCUT2D eigenvalue weighted by molar-refractivity contribution is -0.138. The van der Waals surface area contributed by atoms with Crippen LogP contribution in [0.2, 0.25) is 0 Å². The molecule has 1 saturated heterocycles. The highest BCUT2D eigenvalue weighted by Crippen LogP contribution is 2.28. The molecule has 2 atom stereocenters. The largest absolute Gasteiger partial charge is 0.481 e. The van der Waals surface area contributed by atoms with Gasteiger partial charge in [0.05, 0.1) is 6.42 Å².